The Morgan fingerprint density at radius 1 is 0.845 bits per heavy atom. The van der Waals surface area contributed by atoms with E-state index < -0.39 is 37.3 Å². The number of methoxy groups -OCH3 is 2. The summed E-state index contributed by atoms with van der Waals surface area (Å²) in [7, 11) is 0.109. The third-order valence-electron chi connectivity index (χ3n) is 11.4. The quantitative estimate of drug-likeness (QED) is 0.0808. The molecule has 0 bridgehead atoms. The first-order chi connectivity index (χ1) is 28.0. The lowest BCUT2D eigenvalue weighted by molar-refractivity contribution is -0.0986. The lowest BCUT2D eigenvalue weighted by Crippen LogP contribution is -2.55. The normalized spacial score (nSPS) is 18.8. The van der Waals surface area contributed by atoms with Gasteiger partial charge in [-0.15, -0.1) is 0 Å². The molecule has 2 heterocycles. The topological polar surface area (TPSA) is 122 Å². The molecule has 2 fully saturated rings. The van der Waals surface area contributed by atoms with E-state index in [-0.39, 0.29) is 36.8 Å². The summed E-state index contributed by atoms with van der Waals surface area (Å²) in [6, 6.07) is 35.7. The number of hydrogen-bond donors (Lipinski definition) is 0. The van der Waals surface area contributed by atoms with Crippen molar-refractivity contribution in [2.24, 2.45) is 0 Å². The molecule has 11 nitrogen and oxygen atoms in total. The van der Waals surface area contributed by atoms with Gasteiger partial charge in [-0.25, -0.2) is 9.46 Å². The fraction of sp³-hybridized carbons (Fsp3) is 0.413. The second-order valence-corrected chi connectivity index (χ2v) is 19.3. The van der Waals surface area contributed by atoms with E-state index in [0.29, 0.717) is 43.0 Å². The maximum atomic E-state index is 15.3. The third kappa shape index (κ3) is 8.43. The molecule has 0 unspecified atom stereocenters. The summed E-state index contributed by atoms with van der Waals surface area (Å²) in [4.78, 5) is 30.8. The van der Waals surface area contributed by atoms with Gasteiger partial charge in [-0.05, 0) is 59.5 Å². The van der Waals surface area contributed by atoms with E-state index in [1.165, 1.54) is 4.90 Å². The third-order valence-corrected chi connectivity index (χ3v) is 15.7. The van der Waals surface area contributed by atoms with E-state index in [9.17, 15) is 14.9 Å². The first kappa shape index (κ1) is 42.6. The molecule has 0 aromatic heterocycles. The van der Waals surface area contributed by atoms with Crippen LogP contribution in [-0.2, 0) is 19.6 Å². The highest BCUT2D eigenvalue weighted by atomic mass is 31.2. The first-order valence-electron chi connectivity index (χ1n) is 20.0. The Morgan fingerprint density at radius 2 is 1.38 bits per heavy atom. The zero-order valence-corrected chi connectivity index (χ0v) is 35.2. The number of benzene rings is 4. The van der Waals surface area contributed by atoms with Crippen molar-refractivity contribution in [2.45, 2.75) is 82.3 Å². The van der Waals surface area contributed by atoms with Crippen LogP contribution in [-0.4, -0.2) is 96.6 Å². The largest absolute Gasteiger partial charge is 0.497 e. The highest BCUT2D eigenvalue weighted by Crippen LogP contribution is 2.60. The Balaban J connectivity index is 1.44. The Hall–Kier alpha value is -4.98. The highest BCUT2D eigenvalue weighted by Gasteiger charge is 2.51. The molecule has 3 atom stereocenters. The minimum Gasteiger partial charge on any atom is -0.497 e. The van der Waals surface area contributed by atoms with Gasteiger partial charge in [0.05, 0.1) is 33.0 Å². The summed E-state index contributed by atoms with van der Waals surface area (Å²) in [5.41, 5.74) is 1.38. The monoisotopic (exact) mass is 806 g/mol. The average Bonchev–Trinajstić information content (AvgIpc) is 3.68. The molecule has 2 aliphatic rings. The molecule has 0 aliphatic carbocycles. The molecular formula is C46H55N4O7P. The van der Waals surface area contributed by atoms with Crippen molar-refractivity contribution in [3.05, 3.63) is 131 Å². The second-order valence-electron chi connectivity index (χ2n) is 15.3. The Kier molecular flexibility index (Phi) is 13.8. The standard InChI is InChI=1S/C46H55N4O7P/c1-33(2)58(53,34(3)4)50(30-13-27-47)41-31-43(48-28-14-29-49(45(48)52)44(51)35-15-9-7-10-16-35)57-42(41)32-56-46(36-17-11-8-12-18-36,37-19-23-39(54-5)24-20-37)38-21-25-40(55-6)26-22-38/h7-12,15-26,33-34,41-43H,13-14,28-32H2,1-6H3/t41-,42-,43+/m0/s1. The van der Waals surface area contributed by atoms with Crippen molar-refractivity contribution in [3.63, 3.8) is 0 Å². The zero-order valence-electron chi connectivity index (χ0n) is 34.3. The summed E-state index contributed by atoms with van der Waals surface area (Å²) in [5.74, 6) is 1.02. The number of imide groups is 1. The fourth-order valence-corrected chi connectivity index (χ4v) is 12.0. The van der Waals surface area contributed by atoms with Crippen LogP contribution >= 0.6 is 7.29 Å². The van der Waals surface area contributed by atoms with E-state index in [1.807, 2.05) is 117 Å². The molecule has 0 saturated carbocycles. The van der Waals surface area contributed by atoms with Crippen LogP contribution in [0.3, 0.4) is 0 Å². The van der Waals surface area contributed by atoms with Crippen LogP contribution in [0, 0.1) is 11.3 Å². The predicted octanol–water partition coefficient (Wildman–Crippen LogP) is 8.77. The van der Waals surface area contributed by atoms with Gasteiger partial charge in [-0.3, -0.25) is 14.6 Å². The number of carbonyl (C=O) groups excluding carboxylic acids is 2. The number of ether oxygens (including phenoxy) is 4. The molecule has 3 amide bonds. The van der Waals surface area contributed by atoms with Gasteiger partial charge in [-0.1, -0.05) is 100 Å². The van der Waals surface area contributed by atoms with Crippen molar-refractivity contribution in [1.82, 2.24) is 14.5 Å². The van der Waals surface area contributed by atoms with Crippen LogP contribution < -0.4 is 9.47 Å². The number of nitrogens with zero attached hydrogens (tertiary/aromatic N) is 4. The van der Waals surface area contributed by atoms with Gasteiger partial charge in [0.15, 0.2) is 7.29 Å². The van der Waals surface area contributed by atoms with Crippen LogP contribution in [0.25, 0.3) is 0 Å². The molecule has 12 heteroatoms. The number of rotatable bonds is 16. The number of urea groups is 1. The number of amides is 3. The molecule has 306 valence electrons. The summed E-state index contributed by atoms with van der Waals surface area (Å²) < 4.78 is 42.8. The number of nitriles is 1. The van der Waals surface area contributed by atoms with Gasteiger partial charge in [0.25, 0.3) is 5.91 Å². The van der Waals surface area contributed by atoms with Crippen molar-refractivity contribution in [2.75, 3.05) is 40.5 Å². The van der Waals surface area contributed by atoms with Gasteiger partial charge in [0, 0.05) is 55.4 Å². The molecule has 6 rings (SSSR count). The summed E-state index contributed by atoms with van der Waals surface area (Å²) in [5, 5.41) is 9.86. The molecule has 0 radical (unpaired) electrons. The van der Waals surface area contributed by atoms with Gasteiger partial charge >= 0.3 is 6.03 Å². The second kappa shape index (κ2) is 18.7. The van der Waals surface area contributed by atoms with Crippen molar-refractivity contribution >= 4 is 19.2 Å². The fourth-order valence-electron chi connectivity index (χ4n) is 8.50. The van der Waals surface area contributed by atoms with Crippen LogP contribution in [0.1, 0.15) is 74.0 Å². The average molecular weight is 807 g/mol. The van der Waals surface area contributed by atoms with E-state index in [4.69, 9.17) is 18.9 Å². The van der Waals surface area contributed by atoms with Crippen molar-refractivity contribution in [3.8, 4) is 17.6 Å². The van der Waals surface area contributed by atoms with Gasteiger partial charge < -0.3 is 23.5 Å². The van der Waals surface area contributed by atoms with E-state index in [1.54, 1.807) is 43.4 Å². The van der Waals surface area contributed by atoms with Crippen LogP contribution in [0.5, 0.6) is 11.5 Å². The smallest absolute Gasteiger partial charge is 0.329 e. The molecular weight excluding hydrogens is 752 g/mol. The molecule has 2 saturated heterocycles. The van der Waals surface area contributed by atoms with Gasteiger partial charge in [-0.2, -0.15) is 5.26 Å². The maximum Gasteiger partial charge on any atom is 0.329 e. The summed E-state index contributed by atoms with van der Waals surface area (Å²) >= 11 is 0. The Labute approximate surface area is 342 Å². The maximum absolute atomic E-state index is 15.3. The lowest BCUT2D eigenvalue weighted by Gasteiger charge is -2.43. The molecule has 4 aromatic rings. The first-order valence-corrected chi connectivity index (χ1v) is 21.8. The summed E-state index contributed by atoms with van der Waals surface area (Å²) in [6.07, 6.45) is -0.404. The SMILES string of the molecule is COc1ccc(C(OC[C@@H]2O[C@@H](N3CCCN(C(=O)c4ccccc4)C3=O)C[C@@H]2N(CCC#N)P(=O)(C(C)C)C(C)C)(c2ccccc2)c2ccc(OC)cc2)cc1. The molecule has 0 spiro atoms. The van der Waals surface area contributed by atoms with Crippen LogP contribution in [0.15, 0.2) is 109 Å². The van der Waals surface area contributed by atoms with E-state index >= 15 is 4.57 Å². The van der Waals surface area contributed by atoms with Crippen LogP contribution in [0.2, 0.25) is 0 Å². The Morgan fingerprint density at radius 3 is 1.90 bits per heavy atom. The molecule has 2 aliphatic heterocycles. The minimum absolute atomic E-state index is 0.0298. The van der Waals surface area contributed by atoms with Crippen molar-refractivity contribution < 1.29 is 33.1 Å². The lowest BCUT2D eigenvalue weighted by atomic mass is 9.80. The van der Waals surface area contributed by atoms with E-state index in [2.05, 4.69) is 6.07 Å². The molecule has 4 aromatic carbocycles. The number of carbonyl (C=O) groups is 2. The summed E-state index contributed by atoms with van der Waals surface area (Å²) in [6.45, 7) is 8.83. The van der Waals surface area contributed by atoms with Gasteiger partial charge in [0.1, 0.15) is 23.3 Å². The van der Waals surface area contributed by atoms with Crippen molar-refractivity contribution in [1.29, 1.82) is 5.26 Å². The van der Waals surface area contributed by atoms with Gasteiger partial charge in [0.2, 0.25) is 0 Å². The predicted molar refractivity (Wildman–Crippen MR) is 224 cm³/mol. The molecule has 58 heavy (non-hydrogen) atoms. The van der Waals surface area contributed by atoms with E-state index in [0.717, 1.165) is 16.7 Å². The highest BCUT2D eigenvalue weighted by molar-refractivity contribution is 7.62. The zero-order chi connectivity index (χ0) is 41.5. The molecule has 0 N–H and O–H groups in total. The van der Waals surface area contributed by atoms with Crippen LogP contribution in [0.4, 0.5) is 4.79 Å². The minimum atomic E-state index is -3.15. The number of hydrogen-bond acceptors (Lipinski definition) is 8. The Bertz CT molecular complexity index is 2010.